The molecule has 1 heterocycles. The fraction of sp³-hybridized carbons (Fsp3) is 0.625. The van der Waals surface area contributed by atoms with Crippen LogP contribution in [0.4, 0.5) is 4.39 Å². The molecule has 2 nitrogen and oxygen atoms in total. The van der Waals surface area contributed by atoms with Gasteiger partial charge in [-0.3, -0.25) is 4.90 Å². The van der Waals surface area contributed by atoms with Crippen LogP contribution in [0.25, 0.3) is 0 Å². The van der Waals surface area contributed by atoms with Crippen LogP contribution >= 0.6 is 40.7 Å². The number of hydrogen-bond donors (Lipinski definition) is 1. The van der Waals surface area contributed by atoms with E-state index in [9.17, 15) is 4.39 Å². The Hall–Kier alpha value is 0.130. The number of benzene rings is 1. The number of rotatable bonds is 5. The van der Waals surface area contributed by atoms with Crippen molar-refractivity contribution < 1.29 is 4.39 Å². The molecule has 1 fully saturated rings. The molecule has 0 radical (unpaired) electrons. The number of nitrogens with one attached hydrogen (secondary N) is 1. The predicted molar refractivity (Wildman–Crippen MR) is 99.9 cm³/mol. The van der Waals surface area contributed by atoms with Gasteiger partial charge >= 0.3 is 0 Å². The van der Waals surface area contributed by atoms with Gasteiger partial charge < -0.3 is 5.32 Å². The Bertz CT molecular complexity index is 440. The summed E-state index contributed by atoms with van der Waals surface area (Å²) in [6.45, 7) is 8.43. The van der Waals surface area contributed by atoms with Crippen molar-refractivity contribution in [2.75, 3.05) is 26.2 Å². The highest BCUT2D eigenvalue weighted by Crippen LogP contribution is 2.31. The molecule has 1 atom stereocenters. The third-order valence-electron chi connectivity index (χ3n) is 3.93. The van der Waals surface area contributed by atoms with Crippen LogP contribution < -0.4 is 5.32 Å². The summed E-state index contributed by atoms with van der Waals surface area (Å²) in [5.41, 5.74) is 0.835. The van der Waals surface area contributed by atoms with E-state index < -0.39 is 0 Å². The minimum absolute atomic E-state index is 0. The SMILES string of the molecule is CC(C)CC[C@@H](c1cc(Br)ccc1F)N1CCNCC1.Cl.Cl. The van der Waals surface area contributed by atoms with Crippen LogP contribution in [0.1, 0.15) is 38.3 Å². The van der Waals surface area contributed by atoms with E-state index in [0.717, 1.165) is 49.1 Å². The Morgan fingerprint density at radius 3 is 2.41 bits per heavy atom. The molecule has 1 aliphatic heterocycles. The molecule has 1 aromatic carbocycles. The van der Waals surface area contributed by atoms with Crippen molar-refractivity contribution in [2.45, 2.75) is 32.7 Å². The van der Waals surface area contributed by atoms with E-state index >= 15 is 0 Å². The van der Waals surface area contributed by atoms with Crippen LogP contribution in [0.2, 0.25) is 0 Å². The highest BCUT2D eigenvalue weighted by atomic mass is 79.9. The second kappa shape index (κ2) is 10.8. The lowest BCUT2D eigenvalue weighted by atomic mass is 9.95. The summed E-state index contributed by atoms with van der Waals surface area (Å²) in [4.78, 5) is 2.42. The standard InChI is InChI=1S/C16H24BrFN2.2ClH/c1-12(2)3-6-16(20-9-7-19-8-10-20)14-11-13(17)4-5-15(14)18;;/h4-5,11-12,16,19H,3,6-10H2,1-2H3;2*1H/t16-;;/m0../s1. The molecule has 0 amide bonds. The van der Waals surface area contributed by atoms with Crippen molar-refractivity contribution in [2.24, 2.45) is 5.92 Å². The van der Waals surface area contributed by atoms with Gasteiger partial charge in [0.25, 0.3) is 0 Å². The number of halogens is 4. The van der Waals surface area contributed by atoms with Gasteiger partial charge in [0.05, 0.1) is 0 Å². The van der Waals surface area contributed by atoms with Crippen molar-refractivity contribution in [3.05, 3.63) is 34.1 Å². The first kappa shape index (κ1) is 22.1. The third kappa shape index (κ3) is 6.32. The maximum absolute atomic E-state index is 14.2. The maximum Gasteiger partial charge on any atom is 0.128 e. The van der Waals surface area contributed by atoms with Crippen molar-refractivity contribution in [1.82, 2.24) is 10.2 Å². The van der Waals surface area contributed by atoms with Gasteiger partial charge in [-0.25, -0.2) is 4.39 Å². The topological polar surface area (TPSA) is 15.3 Å². The Morgan fingerprint density at radius 1 is 1.18 bits per heavy atom. The van der Waals surface area contributed by atoms with Gasteiger partial charge in [0.1, 0.15) is 5.82 Å². The zero-order valence-corrected chi connectivity index (χ0v) is 16.4. The average Bonchev–Trinajstić information content (AvgIpc) is 2.43. The first-order valence-corrected chi connectivity index (χ1v) is 8.27. The van der Waals surface area contributed by atoms with E-state index in [-0.39, 0.29) is 36.7 Å². The van der Waals surface area contributed by atoms with Crippen LogP contribution in [0.15, 0.2) is 22.7 Å². The van der Waals surface area contributed by atoms with Gasteiger partial charge in [0.2, 0.25) is 0 Å². The predicted octanol–water partition coefficient (Wildman–Crippen LogP) is 4.81. The van der Waals surface area contributed by atoms with Gasteiger partial charge in [-0.2, -0.15) is 0 Å². The summed E-state index contributed by atoms with van der Waals surface area (Å²) in [6, 6.07) is 5.49. The molecule has 22 heavy (non-hydrogen) atoms. The second-order valence-electron chi connectivity index (χ2n) is 5.94. The Balaban J connectivity index is 0.00000220. The first-order chi connectivity index (χ1) is 9.58. The van der Waals surface area contributed by atoms with E-state index in [4.69, 9.17) is 0 Å². The molecule has 128 valence electrons. The average molecular weight is 416 g/mol. The van der Waals surface area contributed by atoms with E-state index in [1.54, 1.807) is 12.1 Å². The molecular formula is C16H26BrCl2FN2. The molecular weight excluding hydrogens is 390 g/mol. The van der Waals surface area contributed by atoms with E-state index in [1.807, 2.05) is 6.07 Å². The van der Waals surface area contributed by atoms with Gasteiger partial charge in [-0.1, -0.05) is 29.8 Å². The number of hydrogen-bond acceptors (Lipinski definition) is 2. The largest absolute Gasteiger partial charge is 0.314 e. The zero-order chi connectivity index (χ0) is 14.5. The Morgan fingerprint density at radius 2 is 1.82 bits per heavy atom. The molecule has 0 unspecified atom stereocenters. The third-order valence-corrected chi connectivity index (χ3v) is 4.42. The van der Waals surface area contributed by atoms with Crippen molar-refractivity contribution in [1.29, 1.82) is 0 Å². The van der Waals surface area contributed by atoms with Gasteiger partial charge in [0.15, 0.2) is 0 Å². The molecule has 0 spiro atoms. The molecule has 0 aliphatic carbocycles. The number of piperazine rings is 1. The highest BCUT2D eigenvalue weighted by molar-refractivity contribution is 9.10. The van der Waals surface area contributed by atoms with Crippen molar-refractivity contribution in [3.63, 3.8) is 0 Å². The molecule has 1 N–H and O–H groups in total. The van der Waals surface area contributed by atoms with Crippen LogP contribution in [0.3, 0.4) is 0 Å². The van der Waals surface area contributed by atoms with E-state index in [2.05, 4.69) is 40.0 Å². The van der Waals surface area contributed by atoms with E-state index in [0.29, 0.717) is 5.92 Å². The summed E-state index contributed by atoms with van der Waals surface area (Å²) in [7, 11) is 0. The molecule has 2 rings (SSSR count). The van der Waals surface area contributed by atoms with E-state index in [1.165, 1.54) is 0 Å². The molecule has 1 saturated heterocycles. The zero-order valence-electron chi connectivity index (χ0n) is 13.1. The minimum atomic E-state index is -0.0829. The maximum atomic E-state index is 14.2. The monoisotopic (exact) mass is 414 g/mol. The quantitative estimate of drug-likeness (QED) is 0.741. The Kier molecular flexibility index (Phi) is 10.9. The number of nitrogens with zero attached hydrogens (tertiary/aromatic N) is 1. The summed E-state index contributed by atoms with van der Waals surface area (Å²) in [5, 5.41) is 3.37. The lowest BCUT2D eigenvalue weighted by Gasteiger charge is -2.36. The van der Waals surface area contributed by atoms with Gasteiger partial charge in [-0.05, 0) is 37.0 Å². The highest BCUT2D eigenvalue weighted by Gasteiger charge is 2.24. The smallest absolute Gasteiger partial charge is 0.128 e. The first-order valence-electron chi connectivity index (χ1n) is 7.47. The summed E-state index contributed by atoms with van der Waals surface area (Å²) in [5.74, 6) is 0.566. The summed E-state index contributed by atoms with van der Waals surface area (Å²) >= 11 is 3.47. The molecule has 1 aromatic rings. The van der Waals surface area contributed by atoms with Gasteiger partial charge in [0, 0.05) is 42.3 Å². The summed E-state index contributed by atoms with van der Waals surface area (Å²) < 4.78 is 15.2. The lowest BCUT2D eigenvalue weighted by Crippen LogP contribution is -2.45. The van der Waals surface area contributed by atoms with Gasteiger partial charge in [-0.15, -0.1) is 24.8 Å². The van der Waals surface area contributed by atoms with Crippen molar-refractivity contribution in [3.8, 4) is 0 Å². The molecule has 0 saturated carbocycles. The fourth-order valence-corrected chi connectivity index (χ4v) is 3.17. The molecule has 0 aromatic heterocycles. The Labute approximate surface area is 154 Å². The lowest BCUT2D eigenvalue weighted by molar-refractivity contribution is 0.156. The van der Waals surface area contributed by atoms with Crippen LogP contribution in [-0.4, -0.2) is 31.1 Å². The second-order valence-corrected chi connectivity index (χ2v) is 6.85. The van der Waals surface area contributed by atoms with Crippen LogP contribution in [0, 0.1) is 11.7 Å². The normalized spacial score (nSPS) is 16.8. The fourth-order valence-electron chi connectivity index (χ4n) is 2.79. The molecule has 6 heteroatoms. The molecule has 1 aliphatic rings. The van der Waals surface area contributed by atoms with Crippen molar-refractivity contribution >= 4 is 40.7 Å². The van der Waals surface area contributed by atoms with Crippen LogP contribution in [0.5, 0.6) is 0 Å². The minimum Gasteiger partial charge on any atom is -0.314 e. The molecule has 0 bridgehead atoms. The van der Waals surface area contributed by atoms with Crippen LogP contribution in [-0.2, 0) is 0 Å². The summed E-state index contributed by atoms with van der Waals surface area (Å²) in [6.07, 6.45) is 2.14.